The molecule has 7 nitrogen and oxygen atoms in total. The van der Waals surface area contributed by atoms with Crippen LogP contribution in [-0.2, 0) is 4.74 Å². The van der Waals surface area contributed by atoms with Crippen molar-refractivity contribution in [2.45, 2.75) is 26.7 Å². The average Bonchev–Trinajstić information content (AvgIpc) is 3.24. The standard InChI is InChI=1S/C25H22ClN3O4S/c1-4-33-25(32)21-19-13-34-23(27-22(30)16-5-9-17(26)10-6-16)20(19)24(31)29(28-21)18-11-7-15(8-12-18)14(2)3/h5-14H,4H2,1-3H3,(H,27,30). The molecule has 4 rings (SSSR count). The number of rotatable bonds is 6. The van der Waals surface area contributed by atoms with Gasteiger partial charge in [-0.05, 0) is 54.8 Å². The molecule has 0 radical (unpaired) electrons. The van der Waals surface area contributed by atoms with Crippen molar-refractivity contribution in [1.29, 1.82) is 0 Å². The molecule has 0 spiro atoms. The number of benzene rings is 2. The van der Waals surface area contributed by atoms with Gasteiger partial charge in [0.15, 0.2) is 5.69 Å². The molecule has 0 saturated carbocycles. The first-order valence-corrected chi connectivity index (χ1v) is 11.9. The zero-order valence-corrected chi connectivity index (χ0v) is 20.4. The molecule has 9 heteroatoms. The predicted octanol–water partition coefficient (Wildman–Crippen LogP) is 5.65. The Bertz CT molecular complexity index is 1420. The molecule has 34 heavy (non-hydrogen) atoms. The van der Waals surface area contributed by atoms with Crippen molar-refractivity contribution in [2.75, 3.05) is 11.9 Å². The van der Waals surface area contributed by atoms with Crippen LogP contribution < -0.4 is 10.9 Å². The summed E-state index contributed by atoms with van der Waals surface area (Å²) in [5, 5.41) is 10.1. The monoisotopic (exact) mass is 495 g/mol. The van der Waals surface area contributed by atoms with Crippen LogP contribution in [0.5, 0.6) is 0 Å². The number of nitrogens with one attached hydrogen (secondary N) is 1. The topological polar surface area (TPSA) is 90.3 Å². The van der Waals surface area contributed by atoms with E-state index in [1.807, 2.05) is 12.1 Å². The van der Waals surface area contributed by atoms with E-state index in [2.05, 4.69) is 24.3 Å². The van der Waals surface area contributed by atoms with Gasteiger partial charge in [0.2, 0.25) is 0 Å². The quantitative estimate of drug-likeness (QED) is 0.349. The second kappa shape index (κ2) is 9.79. The summed E-state index contributed by atoms with van der Waals surface area (Å²) in [7, 11) is 0. The molecule has 0 unspecified atom stereocenters. The normalized spacial score (nSPS) is 11.1. The van der Waals surface area contributed by atoms with E-state index in [9.17, 15) is 14.4 Å². The van der Waals surface area contributed by atoms with E-state index in [4.69, 9.17) is 16.3 Å². The van der Waals surface area contributed by atoms with Crippen LogP contribution in [0.2, 0.25) is 5.02 Å². The van der Waals surface area contributed by atoms with Gasteiger partial charge in [0.1, 0.15) is 5.00 Å². The fourth-order valence-corrected chi connectivity index (χ4v) is 4.50. The Balaban J connectivity index is 1.85. The van der Waals surface area contributed by atoms with Crippen molar-refractivity contribution in [3.8, 4) is 5.69 Å². The Labute approximate surface area is 204 Å². The van der Waals surface area contributed by atoms with Crippen molar-refractivity contribution in [3.63, 3.8) is 0 Å². The summed E-state index contributed by atoms with van der Waals surface area (Å²) in [6, 6.07) is 13.8. The molecular weight excluding hydrogens is 474 g/mol. The summed E-state index contributed by atoms with van der Waals surface area (Å²) < 4.78 is 6.35. The van der Waals surface area contributed by atoms with Crippen LogP contribution in [0.15, 0.2) is 58.7 Å². The van der Waals surface area contributed by atoms with E-state index in [0.717, 1.165) is 16.9 Å². The van der Waals surface area contributed by atoms with Gasteiger partial charge in [-0.15, -0.1) is 11.3 Å². The largest absolute Gasteiger partial charge is 0.461 e. The summed E-state index contributed by atoms with van der Waals surface area (Å²) in [5.74, 6) is -0.724. The maximum absolute atomic E-state index is 13.5. The number of hydrogen-bond acceptors (Lipinski definition) is 6. The van der Waals surface area contributed by atoms with Gasteiger partial charge >= 0.3 is 5.97 Å². The van der Waals surface area contributed by atoms with Crippen LogP contribution in [0.3, 0.4) is 0 Å². The number of halogens is 1. The van der Waals surface area contributed by atoms with Gasteiger partial charge in [0.25, 0.3) is 11.5 Å². The van der Waals surface area contributed by atoms with Crippen molar-refractivity contribution in [3.05, 3.63) is 86.1 Å². The molecule has 0 aliphatic carbocycles. The first kappa shape index (κ1) is 23.7. The maximum atomic E-state index is 13.5. The summed E-state index contributed by atoms with van der Waals surface area (Å²) in [6.45, 7) is 6.01. The highest BCUT2D eigenvalue weighted by molar-refractivity contribution is 7.16. The molecular formula is C25H22ClN3O4S. The molecule has 2 aromatic heterocycles. The zero-order chi connectivity index (χ0) is 24.4. The number of ether oxygens (including phenoxy) is 1. The molecule has 2 aromatic carbocycles. The number of aromatic nitrogens is 2. The maximum Gasteiger partial charge on any atom is 0.359 e. The minimum Gasteiger partial charge on any atom is -0.461 e. The molecule has 2 heterocycles. The summed E-state index contributed by atoms with van der Waals surface area (Å²) in [5.41, 5.74) is 1.55. The number of carbonyl (C=O) groups is 2. The van der Waals surface area contributed by atoms with E-state index >= 15 is 0 Å². The lowest BCUT2D eigenvalue weighted by molar-refractivity contribution is 0.0520. The third kappa shape index (κ3) is 4.60. The molecule has 0 fully saturated rings. The molecule has 0 aliphatic rings. The molecule has 174 valence electrons. The molecule has 0 atom stereocenters. The van der Waals surface area contributed by atoms with Gasteiger partial charge in [0, 0.05) is 21.4 Å². The van der Waals surface area contributed by atoms with Crippen molar-refractivity contribution in [1.82, 2.24) is 9.78 Å². The average molecular weight is 496 g/mol. The van der Waals surface area contributed by atoms with Crippen LogP contribution >= 0.6 is 22.9 Å². The van der Waals surface area contributed by atoms with Gasteiger partial charge in [-0.3, -0.25) is 9.59 Å². The second-order valence-electron chi connectivity index (χ2n) is 7.85. The number of carbonyl (C=O) groups excluding carboxylic acids is 2. The number of anilines is 1. The van der Waals surface area contributed by atoms with Crippen molar-refractivity contribution < 1.29 is 14.3 Å². The SMILES string of the molecule is CCOC(=O)c1nn(-c2ccc(C(C)C)cc2)c(=O)c2c(NC(=O)c3ccc(Cl)cc3)scc12. The van der Waals surface area contributed by atoms with Gasteiger partial charge in [-0.1, -0.05) is 37.6 Å². The van der Waals surface area contributed by atoms with Crippen LogP contribution in [-0.4, -0.2) is 28.3 Å². The smallest absolute Gasteiger partial charge is 0.359 e. The lowest BCUT2D eigenvalue weighted by Gasteiger charge is -2.11. The minimum absolute atomic E-state index is 0.00706. The van der Waals surface area contributed by atoms with Gasteiger partial charge < -0.3 is 10.1 Å². The molecule has 0 bridgehead atoms. The first-order valence-electron chi connectivity index (χ1n) is 10.7. The van der Waals surface area contributed by atoms with Gasteiger partial charge in [0.05, 0.1) is 17.7 Å². The number of fused-ring (bicyclic) bond motifs is 1. The van der Waals surface area contributed by atoms with Crippen LogP contribution in [0.1, 0.15) is 53.1 Å². The highest BCUT2D eigenvalue weighted by atomic mass is 35.5. The molecule has 1 amide bonds. The van der Waals surface area contributed by atoms with E-state index in [1.165, 1.54) is 4.68 Å². The highest BCUT2D eigenvalue weighted by Crippen LogP contribution is 2.31. The Morgan fingerprint density at radius 1 is 1.12 bits per heavy atom. The van der Waals surface area contributed by atoms with E-state index in [1.54, 1.807) is 48.7 Å². The van der Waals surface area contributed by atoms with E-state index in [0.29, 0.717) is 32.6 Å². The van der Waals surface area contributed by atoms with Crippen molar-refractivity contribution in [2.24, 2.45) is 0 Å². The van der Waals surface area contributed by atoms with Crippen molar-refractivity contribution >= 4 is 50.6 Å². The number of thiophene rings is 1. The third-order valence-electron chi connectivity index (χ3n) is 5.26. The second-order valence-corrected chi connectivity index (χ2v) is 9.16. The summed E-state index contributed by atoms with van der Waals surface area (Å²) >= 11 is 7.05. The molecule has 0 aliphatic heterocycles. The summed E-state index contributed by atoms with van der Waals surface area (Å²) in [6.07, 6.45) is 0. The lowest BCUT2D eigenvalue weighted by Crippen LogP contribution is -2.25. The number of nitrogens with zero attached hydrogens (tertiary/aromatic N) is 2. The fraction of sp³-hybridized carbons (Fsp3) is 0.200. The van der Waals surface area contributed by atoms with Gasteiger partial charge in [-0.25, -0.2) is 4.79 Å². The highest BCUT2D eigenvalue weighted by Gasteiger charge is 2.23. The molecule has 0 saturated heterocycles. The third-order valence-corrected chi connectivity index (χ3v) is 6.41. The zero-order valence-electron chi connectivity index (χ0n) is 18.8. The first-order chi connectivity index (χ1) is 16.3. The number of amides is 1. The Morgan fingerprint density at radius 2 is 1.79 bits per heavy atom. The Morgan fingerprint density at radius 3 is 2.41 bits per heavy atom. The molecule has 4 aromatic rings. The predicted molar refractivity (Wildman–Crippen MR) is 135 cm³/mol. The van der Waals surface area contributed by atoms with Crippen LogP contribution in [0, 0.1) is 0 Å². The Hall–Kier alpha value is -3.49. The van der Waals surface area contributed by atoms with Crippen LogP contribution in [0.25, 0.3) is 16.5 Å². The van der Waals surface area contributed by atoms with E-state index in [-0.39, 0.29) is 17.7 Å². The van der Waals surface area contributed by atoms with Crippen LogP contribution in [0.4, 0.5) is 5.00 Å². The van der Waals surface area contributed by atoms with E-state index < -0.39 is 17.4 Å². The number of esters is 1. The van der Waals surface area contributed by atoms with Gasteiger partial charge in [-0.2, -0.15) is 9.78 Å². The fourth-order valence-electron chi connectivity index (χ4n) is 3.44. The Kier molecular flexibility index (Phi) is 6.81. The molecule has 1 N–H and O–H groups in total. The summed E-state index contributed by atoms with van der Waals surface area (Å²) in [4.78, 5) is 39.0. The minimum atomic E-state index is -0.645. The number of hydrogen-bond donors (Lipinski definition) is 1. The lowest BCUT2D eigenvalue weighted by atomic mass is 10.0.